The summed E-state index contributed by atoms with van der Waals surface area (Å²) in [7, 11) is 0. The fourth-order valence-electron chi connectivity index (χ4n) is 2.53. The minimum absolute atomic E-state index is 0.0218. The van der Waals surface area contributed by atoms with Crippen LogP contribution in [-0.4, -0.2) is 19.1 Å². The monoisotopic (exact) mass is 274 g/mol. The molecule has 0 spiro atoms. The van der Waals surface area contributed by atoms with Crippen LogP contribution in [0.15, 0.2) is 48.5 Å². The van der Waals surface area contributed by atoms with Crippen LogP contribution in [-0.2, 0) is 0 Å². The highest BCUT2D eigenvalue weighted by molar-refractivity contribution is 6.00. The first-order valence-corrected chi connectivity index (χ1v) is 6.14. The molecule has 3 rings (SSSR count). The van der Waals surface area contributed by atoms with Gasteiger partial charge in [-0.1, -0.05) is 36.4 Å². The quantitative estimate of drug-likeness (QED) is 0.782. The number of hydrogen-bond donors (Lipinski definition) is 3. The summed E-state index contributed by atoms with van der Waals surface area (Å²) < 4.78 is 29.5. The van der Waals surface area contributed by atoms with E-state index < -0.39 is 18.2 Å². The Morgan fingerprint density at radius 1 is 1.05 bits per heavy atom. The maximum absolute atomic E-state index is 12.5. The van der Waals surface area contributed by atoms with Gasteiger partial charge in [-0.2, -0.15) is 0 Å². The average Bonchev–Trinajstić information content (AvgIpc) is 2.72. The van der Waals surface area contributed by atoms with Crippen LogP contribution in [0.3, 0.4) is 0 Å². The number of benzene rings is 2. The highest BCUT2D eigenvalue weighted by Gasteiger charge is 2.33. The van der Waals surface area contributed by atoms with Crippen LogP contribution in [0.1, 0.15) is 23.3 Å². The Hall–Kier alpha value is -2.37. The molecule has 2 aromatic carbocycles. The molecule has 0 aromatic heterocycles. The molecule has 2 amide bonds. The van der Waals surface area contributed by atoms with Gasteiger partial charge in [0, 0.05) is 11.1 Å². The molecule has 5 nitrogen and oxygen atoms in total. The number of fused-ring (bicyclic) bond motifs is 2. The summed E-state index contributed by atoms with van der Waals surface area (Å²) >= 11 is 0. The minimum atomic E-state index is -0.942. The molecule has 0 saturated carbocycles. The molecule has 102 valence electrons. The van der Waals surface area contributed by atoms with Crippen LogP contribution in [0.4, 0.5) is 16.2 Å². The van der Waals surface area contributed by atoms with E-state index in [0.29, 0.717) is 22.5 Å². The molecule has 0 fully saturated rings. The summed E-state index contributed by atoms with van der Waals surface area (Å²) in [5, 5.41) is 9.61. The van der Waals surface area contributed by atoms with E-state index in [-0.39, 0.29) is 5.72 Å². The number of amides is 2. The molecule has 1 aliphatic rings. The molecule has 0 aliphatic carbocycles. The Labute approximate surface area is 121 Å². The van der Waals surface area contributed by atoms with E-state index in [9.17, 15) is 4.79 Å². The third-order valence-corrected chi connectivity index (χ3v) is 3.43. The second-order valence-electron chi connectivity index (χ2n) is 4.58. The van der Waals surface area contributed by atoms with Gasteiger partial charge >= 0.3 is 6.03 Å². The van der Waals surface area contributed by atoms with E-state index in [1.807, 2.05) is 0 Å². The number of anilines is 2. The summed E-state index contributed by atoms with van der Waals surface area (Å²) in [6.45, 7) is 0. The first-order chi connectivity index (χ1) is 11.6. The third-order valence-electron chi connectivity index (χ3n) is 3.43. The van der Waals surface area contributed by atoms with Crippen LogP contribution in [0.2, 0.25) is 2.82 Å². The highest BCUT2D eigenvalue weighted by atomic mass is 16.3. The molecular formula is C15H14N2O3. The number of rotatable bonds is 2. The van der Waals surface area contributed by atoms with E-state index in [0.717, 1.165) is 0 Å². The van der Waals surface area contributed by atoms with Gasteiger partial charge in [-0.3, -0.25) is 4.90 Å². The molecule has 0 bridgehead atoms. The third kappa shape index (κ3) is 1.76. The number of para-hydroxylation sites is 2. The van der Waals surface area contributed by atoms with Crippen molar-refractivity contribution in [1.29, 1.82) is 2.86 Å². The molecular weight excluding hydrogens is 256 g/mol. The van der Waals surface area contributed by atoms with Gasteiger partial charge in [0.15, 0.2) is 2.82 Å². The summed E-state index contributed by atoms with van der Waals surface area (Å²) in [6.07, 6.45) is -1.88. The topological polar surface area (TPSA) is 86.8 Å². The van der Waals surface area contributed by atoms with Gasteiger partial charge in [-0.05, 0) is 12.1 Å². The minimum Gasteiger partial charge on any atom is -0.385 e. The molecule has 2 aromatic rings. The van der Waals surface area contributed by atoms with E-state index in [1.165, 1.54) is 4.90 Å². The number of hydrogen-bond acceptors (Lipinski definition) is 3. The van der Waals surface area contributed by atoms with Crippen molar-refractivity contribution in [1.82, 2.24) is 0 Å². The van der Waals surface area contributed by atoms with Crippen molar-refractivity contribution in [2.24, 2.45) is 5.72 Å². The van der Waals surface area contributed by atoms with E-state index in [1.54, 1.807) is 48.5 Å². The van der Waals surface area contributed by atoms with Crippen molar-refractivity contribution >= 4 is 17.4 Å². The van der Waals surface area contributed by atoms with Crippen molar-refractivity contribution in [3.05, 3.63) is 59.7 Å². The van der Waals surface area contributed by atoms with E-state index in [4.69, 9.17) is 15.9 Å². The second kappa shape index (κ2) is 4.63. The fourth-order valence-corrected chi connectivity index (χ4v) is 2.53. The molecule has 20 heavy (non-hydrogen) atoms. The van der Waals surface area contributed by atoms with Gasteiger partial charge < -0.3 is 15.9 Å². The number of aliphatic hydroxyl groups excluding tert-OH is 2. The molecule has 0 saturated heterocycles. The first kappa shape index (κ1) is 8.73. The molecule has 1 heterocycles. The summed E-state index contributed by atoms with van der Waals surface area (Å²) in [6, 6.07) is 12.5. The Balaban J connectivity index is 2.32. The standard InChI is InChI=1S/C15H14N2O3/c16-15(20)17-11-7-3-1-5-9(11)13(18)14(19)10-6-2-4-8-12(10)17/h1-8,13-14,18-19H,(H2,16,20)/i18D,19D/hD2. The lowest BCUT2D eigenvalue weighted by atomic mass is 9.99. The summed E-state index contributed by atoms with van der Waals surface area (Å²) in [4.78, 5) is 13.7. The Morgan fingerprint density at radius 2 is 1.55 bits per heavy atom. The van der Waals surface area contributed by atoms with Crippen molar-refractivity contribution < 1.29 is 17.8 Å². The van der Waals surface area contributed by atoms with Crippen molar-refractivity contribution in [3.63, 3.8) is 0 Å². The predicted molar refractivity (Wildman–Crippen MR) is 74.5 cm³/mol. The number of nitrogens with two attached hydrogens (primary N) is 1. The zero-order valence-corrected chi connectivity index (χ0v) is 10.4. The van der Waals surface area contributed by atoms with Gasteiger partial charge in [0.1, 0.15) is 12.2 Å². The Kier molecular flexibility index (Phi) is 2.02. The van der Waals surface area contributed by atoms with Crippen LogP contribution >= 0.6 is 0 Å². The normalized spacial score (nSPS) is 23.3. The van der Waals surface area contributed by atoms with Gasteiger partial charge in [-0.15, -0.1) is 0 Å². The number of aliphatic hydroxyl groups is 2. The lowest BCUT2D eigenvalue weighted by Gasteiger charge is -2.22. The highest BCUT2D eigenvalue weighted by Crippen LogP contribution is 2.44. The van der Waals surface area contributed by atoms with E-state index in [2.05, 4.69) is 0 Å². The van der Waals surface area contributed by atoms with Crippen LogP contribution in [0.25, 0.3) is 0 Å². The molecule has 4 N–H and O–H groups in total. The maximum Gasteiger partial charge on any atom is 0.323 e. The van der Waals surface area contributed by atoms with Gasteiger partial charge in [0.2, 0.25) is 2.86 Å². The zero-order valence-electron chi connectivity index (χ0n) is 14.4. The van der Waals surface area contributed by atoms with Crippen LogP contribution in [0, 0.1) is 0 Å². The predicted octanol–water partition coefficient (Wildman–Crippen LogP) is 1.98. The van der Waals surface area contributed by atoms with E-state index >= 15 is 0 Å². The number of carbonyl (C=O) groups excluding carboxylic acids is 1. The molecule has 1 aliphatic heterocycles. The Morgan fingerprint density at radius 3 is 2.00 bits per heavy atom. The molecule has 2 atom stereocenters. The van der Waals surface area contributed by atoms with Crippen molar-refractivity contribution in [2.45, 2.75) is 12.2 Å². The van der Waals surface area contributed by atoms with Gasteiger partial charge in [0.05, 0.1) is 11.4 Å². The largest absolute Gasteiger partial charge is 0.385 e. The number of nitrogens with zero attached hydrogens (tertiary/aromatic N) is 1. The molecule has 2 unspecified atom stereocenters. The lowest BCUT2D eigenvalue weighted by Crippen LogP contribution is -2.32. The zero-order chi connectivity index (χ0) is 17.3. The molecule has 0 radical (unpaired) electrons. The Bertz CT molecular complexity index is 706. The number of urea groups is 1. The van der Waals surface area contributed by atoms with Crippen molar-refractivity contribution in [2.75, 3.05) is 4.90 Å². The lowest BCUT2D eigenvalue weighted by molar-refractivity contribution is 0.0188. The van der Waals surface area contributed by atoms with Crippen LogP contribution < -0.4 is 10.6 Å². The molecule has 5 heteroatoms. The average molecular weight is 274 g/mol. The first-order valence-electron chi connectivity index (χ1n) is 7.85. The summed E-state index contributed by atoms with van der Waals surface area (Å²) in [5.41, 5.74) is 1.63. The van der Waals surface area contributed by atoms with Gasteiger partial charge in [-0.25, -0.2) is 4.79 Å². The van der Waals surface area contributed by atoms with Crippen LogP contribution in [0.5, 0.6) is 0 Å². The maximum atomic E-state index is 12.5. The number of carbonyl (C=O) groups is 1. The second-order valence-corrected chi connectivity index (χ2v) is 4.58. The van der Waals surface area contributed by atoms with Gasteiger partial charge in [0.25, 0.3) is 0 Å². The summed E-state index contributed by atoms with van der Waals surface area (Å²) in [5.74, 6) is 0. The smallest absolute Gasteiger partial charge is 0.323 e. The number of primary amides is 1. The van der Waals surface area contributed by atoms with Crippen molar-refractivity contribution in [3.8, 4) is 0 Å². The SMILES string of the molecule is [2H]OC1c2ccccc2N(C(=O)N([2H])[2H])c2ccccc2C1O[2H]. The fraction of sp³-hybridized carbons (Fsp3) is 0.133.